The smallest absolute Gasteiger partial charge is 0.293 e. The quantitative estimate of drug-likeness (QED) is 0.521. The predicted molar refractivity (Wildman–Crippen MR) is 85.0 cm³/mol. The highest BCUT2D eigenvalue weighted by atomic mass is 19.1. The maximum atomic E-state index is 13.4. The number of hydrazone groups is 1. The molecule has 6 nitrogen and oxygen atoms in total. The summed E-state index contributed by atoms with van der Waals surface area (Å²) < 4.78 is 26.2. The molecule has 2 rings (SSSR count). The van der Waals surface area contributed by atoms with Crippen molar-refractivity contribution in [2.24, 2.45) is 5.10 Å². The second-order valence-corrected chi connectivity index (χ2v) is 4.89. The van der Waals surface area contributed by atoms with E-state index in [1.165, 1.54) is 18.3 Å². The lowest BCUT2D eigenvalue weighted by Gasteiger charge is -2.12. The summed E-state index contributed by atoms with van der Waals surface area (Å²) in [5.41, 5.74) is 3.29. The number of nitro benzene ring substituents is 1. The maximum absolute atomic E-state index is 13.4. The number of nitrogens with one attached hydrogen (secondary N) is 1. The van der Waals surface area contributed by atoms with Crippen LogP contribution in [-0.2, 0) is 0 Å². The zero-order valence-electron chi connectivity index (χ0n) is 12.5. The minimum atomic E-state index is -0.781. The van der Waals surface area contributed by atoms with Crippen molar-refractivity contribution in [1.29, 1.82) is 0 Å². The van der Waals surface area contributed by atoms with Crippen LogP contribution >= 0.6 is 0 Å². The lowest BCUT2D eigenvalue weighted by atomic mass is 10.2. The first-order valence-electron chi connectivity index (χ1n) is 6.58. The molecule has 0 aromatic heterocycles. The molecule has 120 valence electrons. The van der Waals surface area contributed by atoms with Crippen molar-refractivity contribution < 1.29 is 13.7 Å². The monoisotopic (exact) mass is 320 g/mol. The van der Waals surface area contributed by atoms with Gasteiger partial charge in [0.15, 0.2) is 5.82 Å². The predicted octanol–water partition coefficient (Wildman–Crippen LogP) is 3.39. The van der Waals surface area contributed by atoms with E-state index in [0.29, 0.717) is 11.3 Å². The Morgan fingerprint density at radius 2 is 1.96 bits per heavy atom. The topological polar surface area (TPSA) is 70.8 Å². The van der Waals surface area contributed by atoms with Crippen LogP contribution in [0.5, 0.6) is 0 Å². The molecule has 0 aliphatic carbocycles. The number of hydrogen-bond acceptors (Lipinski definition) is 5. The van der Waals surface area contributed by atoms with Gasteiger partial charge in [0.1, 0.15) is 11.5 Å². The molecular formula is C15H14F2N4O2. The molecule has 0 heterocycles. The number of nitrogens with zero attached hydrogens (tertiary/aromatic N) is 3. The van der Waals surface area contributed by atoms with Crippen molar-refractivity contribution in [2.75, 3.05) is 24.4 Å². The first-order valence-corrected chi connectivity index (χ1v) is 6.58. The van der Waals surface area contributed by atoms with Gasteiger partial charge in [0.05, 0.1) is 16.8 Å². The summed E-state index contributed by atoms with van der Waals surface area (Å²) in [6.07, 6.45) is 1.31. The summed E-state index contributed by atoms with van der Waals surface area (Å²) in [6.45, 7) is 0. The third-order valence-corrected chi connectivity index (χ3v) is 3.01. The van der Waals surface area contributed by atoms with Crippen LogP contribution in [0.4, 0.5) is 25.8 Å². The van der Waals surface area contributed by atoms with Crippen LogP contribution in [0.15, 0.2) is 41.5 Å². The second kappa shape index (κ2) is 6.82. The van der Waals surface area contributed by atoms with Crippen molar-refractivity contribution in [2.45, 2.75) is 0 Å². The van der Waals surface area contributed by atoms with Gasteiger partial charge in [-0.3, -0.25) is 15.5 Å². The Balaban J connectivity index is 2.19. The lowest BCUT2D eigenvalue weighted by Crippen LogP contribution is -2.11. The third kappa shape index (κ3) is 4.00. The molecular weight excluding hydrogens is 306 g/mol. The van der Waals surface area contributed by atoms with Crippen molar-refractivity contribution in [3.63, 3.8) is 0 Å². The van der Waals surface area contributed by atoms with E-state index >= 15 is 0 Å². The number of halogens is 2. The Kier molecular flexibility index (Phi) is 4.85. The summed E-state index contributed by atoms with van der Waals surface area (Å²) in [7, 11) is 3.41. The third-order valence-electron chi connectivity index (χ3n) is 3.01. The molecule has 0 saturated carbocycles. The normalized spacial score (nSPS) is 10.8. The van der Waals surface area contributed by atoms with Crippen molar-refractivity contribution in [1.82, 2.24) is 0 Å². The molecule has 0 spiro atoms. The fourth-order valence-corrected chi connectivity index (χ4v) is 1.90. The average Bonchev–Trinajstić information content (AvgIpc) is 2.49. The van der Waals surface area contributed by atoms with Crippen LogP contribution in [0.25, 0.3) is 0 Å². The molecule has 0 radical (unpaired) electrons. The molecule has 1 N–H and O–H groups in total. The zero-order chi connectivity index (χ0) is 17.0. The molecule has 0 bridgehead atoms. The van der Waals surface area contributed by atoms with Gasteiger partial charge >= 0.3 is 0 Å². The minimum Gasteiger partial charge on any atom is -0.372 e. The van der Waals surface area contributed by atoms with Gasteiger partial charge in [-0.1, -0.05) is 6.07 Å². The molecule has 23 heavy (non-hydrogen) atoms. The van der Waals surface area contributed by atoms with E-state index in [1.54, 1.807) is 31.1 Å². The Hall–Kier alpha value is -3.03. The van der Waals surface area contributed by atoms with Gasteiger partial charge in [0.25, 0.3) is 5.69 Å². The standard InChI is InChI=1S/C15H14F2N4O2/c1-20(2)14-6-3-10(7-15(14)21(22)23)9-18-19-13-5-4-11(16)8-12(13)17/h3-9,19H,1-2H3/b18-9-. The van der Waals surface area contributed by atoms with Gasteiger partial charge in [-0.05, 0) is 18.2 Å². The summed E-state index contributed by atoms with van der Waals surface area (Å²) in [4.78, 5) is 12.2. The molecule has 0 aliphatic rings. The molecule has 8 heteroatoms. The molecule has 2 aromatic rings. The minimum absolute atomic E-state index is 0.00191. The Morgan fingerprint density at radius 1 is 1.22 bits per heavy atom. The number of rotatable bonds is 5. The summed E-state index contributed by atoms with van der Waals surface area (Å²) in [5.74, 6) is -1.47. The van der Waals surface area contributed by atoms with E-state index in [0.717, 1.165) is 12.1 Å². The van der Waals surface area contributed by atoms with Crippen LogP contribution in [0.3, 0.4) is 0 Å². The first kappa shape index (κ1) is 16.3. The van der Waals surface area contributed by atoms with Crippen LogP contribution < -0.4 is 10.3 Å². The highest BCUT2D eigenvalue weighted by molar-refractivity contribution is 5.83. The van der Waals surface area contributed by atoms with Gasteiger partial charge in [0.2, 0.25) is 0 Å². The highest BCUT2D eigenvalue weighted by Gasteiger charge is 2.15. The Labute approximate surface area is 131 Å². The maximum Gasteiger partial charge on any atom is 0.293 e. The van der Waals surface area contributed by atoms with Crippen molar-refractivity contribution in [3.8, 4) is 0 Å². The SMILES string of the molecule is CN(C)c1ccc(/C=N\Nc2ccc(F)cc2F)cc1[N+](=O)[O-]. The number of nitro groups is 1. The lowest BCUT2D eigenvalue weighted by molar-refractivity contribution is -0.384. The van der Waals surface area contributed by atoms with E-state index in [1.807, 2.05) is 0 Å². The highest BCUT2D eigenvalue weighted by Crippen LogP contribution is 2.27. The zero-order valence-corrected chi connectivity index (χ0v) is 12.5. The molecule has 0 amide bonds. The number of anilines is 2. The van der Waals surface area contributed by atoms with E-state index < -0.39 is 16.6 Å². The van der Waals surface area contributed by atoms with Crippen LogP contribution in [0.2, 0.25) is 0 Å². The van der Waals surface area contributed by atoms with E-state index in [2.05, 4.69) is 10.5 Å². The van der Waals surface area contributed by atoms with E-state index in [-0.39, 0.29) is 11.4 Å². The summed E-state index contributed by atoms with van der Waals surface area (Å²) >= 11 is 0. The molecule has 0 saturated heterocycles. The molecule has 0 atom stereocenters. The van der Waals surface area contributed by atoms with Crippen LogP contribution in [0, 0.1) is 21.7 Å². The molecule has 0 unspecified atom stereocenters. The van der Waals surface area contributed by atoms with Crippen LogP contribution in [-0.4, -0.2) is 25.2 Å². The second-order valence-electron chi connectivity index (χ2n) is 4.89. The molecule has 0 aliphatic heterocycles. The Morgan fingerprint density at radius 3 is 2.57 bits per heavy atom. The van der Waals surface area contributed by atoms with E-state index in [9.17, 15) is 18.9 Å². The largest absolute Gasteiger partial charge is 0.372 e. The summed E-state index contributed by atoms with van der Waals surface area (Å²) in [6, 6.07) is 7.64. The first-order chi connectivity index (χ1) is 10.9. The molecule has 0 fully saturated rings. The number of benzene rings is 2. The van der Waals surface area contributed by atoms with Gasteiger partial charge in [-0.2, -0.15) is 5.10 Å². The average molecular weight is 320 g/mol. The van der Waals surface area contributed by atoms with Crippen molar-refractivity contribution in [3.05, 3.63) is 63.7 Å². The van der Waals surface area contributed by atoms with Crippen molar-refractivity contribution >= 4 is 23.3 Å². The van der Waals surface area contributed by atoms with Gasteiger partial charge in [-0.15, -0.1) is 0 Å². The molecule has 2 aromatic carbocycles. The number of hydrogen-bond donors (Lipinski definition) is 1. The van der Waals surface area contributed by atoms with Gasteiger partial charge in [-0.25, -0.2) is 8.78 Å². The fourth-order valence-electron chi connectivity index (χ4n) is 1.90. The van der Waals surface area contributed by atoms with E-state index in [4.69, 9.17) is 0 Å². The van der Waals surface area contributed by atoms with Gasteiger partial charge < -0.3 is 4.90 Å². The van der Waals surface area contributed by atoms with Crippen LogP contribution in [0.1, 0.15) is 5.56 Å². The Bertz CT molecular complexity index is 763. The summed E-state index contributed by atoms with van der Waals surface area (Å²) in [5, 5.41) is 14.9. The fraction of sp³-hybridized carbons (Fsp3) is 0.133. The van der Waals surface area contributed by atoms with Gasteiger partial charge in [0, 0.05) is 31.8 Å².